The van der Waals surface area contributed by atoms with Gasteiger partial charge in [0.2, 0.25) is 5.91 Å². The van der Waals surface area contributed by atoms with E-state index in [1.165, 1.54) is 23.3 Å². The first-order chi connectivity index (χ1) is 9.60. The van der Waals surface area contributed by atoms with E-state index in [4.69, 9.17) is 10.8 Å². The molecule has 1 aliphatic heterocycles. The minimum atomic E-state index is -0.559. The fraction of sp³-hybridized carbons (Fsp3) is 0.143. The predicted octanol–water partition coefficient (Wildman–Crippen LogP) is 2.00. The zero-order valence-electron chi connectivity index (χ0n) is 10.3. The van der Waals surface area contributed by atoms with Crippen molar-refractivity contribution in [3.05, 3.63) is 29.8 Å². The summed E-state index contributed by atoms with van der Waals surface area (Å²) in [5.74, 6) is 1.33. The third-order valence-corrected chi connectivity index (χ3v) is 3.14. The SMILES string of the molecule is C#Cc1cc2occ(N3CCC(=O)NC3=O)c2cc1F. The number of hydrogen-bond donors (Lipinski definition) is 1. The number of imide groups is 1. The summed E-state index contributed by atoms with van der Waals surface area (Å²) in [6.07, 6.45) is 6.72. The van der Waals surface area contributed by atoms with Gasteiger partial charge in [0.05, 0.1) is 11.3 Å². The number of fused-ring (bicyclic) bond motifs is 1. The average Bonchev–Trinajstić information content (AvgIpc) is 2.80. The second kappa shape index (κ2) is 4.38. The van der Waals surface area contributed by atoms with Gasteiger partial charge < -0.3 is 4.42 Å². The van der Waals surface area contributed by atoms with E-state index >= 15 is 0 Å². The predicted molar refractivity (Wildman–Crippen MR) is 69.6 cm³/mol. The van der Waals surface area contributed by atoms with Crippen LogP contribution in [0.2, 0.25) is 0 Å². The zero-order valence-corrected chi connectivity index (χ0v) is 10.3. The van der Waals surface area contributed by atoms with Crippen LogP contribution in [0.1, 0.15) is 12.0 Å². The molecule has 0 spiro atoms. The molecule has 1 aromatic heterocycles. The minimum absolute atomic E-state index is 0.0941. The first kappa shape index (κ1) is 12.2. The van der Waals surface area contributed by atoms with Crippen LogP contribution in [0.5, 0.6) is 0 Å². The number of hydrogen-bond acceptors (Lipinski definition) is 3. The van der Waals surface area contributed by atoms with Gasteiger partial charge in [0.15, 0.2) is 0 Å². The van der Waals surface area contributed by atoms with Crippen molar-refractivity contribution >= 4 is 28.6 Å². The van der Waals surface area contributed by atoms with Crippen molar-refractivity contribution in [2.45, 2.75) is 6.42 Å². The van der Waals surface area contributed by atoms with Gasteiger partial charge in [0, 0.05) is 24.4 Å². The summed E-state index contributed by atoms with van der Waals surface area (Å²) in [6.45, 7) is 0.220. The number of carbonyl (C=O) groups is 2. The number of carbonyl (C=O) groups excluding carboxylic acids is 2. The molecule has 1 aliphatic rings. The molecule has 0 atom stereocenters. The van der Waals surface area contributed by atoms with Crippen molar-refractivity contribution in [2.75, 3.05) is 11.4 Å². The highest BCUT2D eigenvalue weighted by atomic mass is 19.1. The van der Waals surface area contributed by atoms with Gasteiger partial charge in [-0.25, -0.2) is 9.18 Å². The van der Waals surface area contributed by atoms with E-state index in [0.29, 0.717) is 16.7 Å². The molecule has 0 unspecified atom stereocenters. The topological polar surface area (TPSA) is 62.6 Å². The molecule has 1 saturated heterocycles. The molecular weight excluding hydrogens is 263 g/mol. The Kier molecular flexibility index (Phi) is 2.68. The summed E-state index contributed by atoms with van der Waals surface area (Å²) < 4.78 is 19.1. The molecular formula is C14H9FN2O3. The molecule has 2 heterocycles. The number of urea groups is 1. The zero-order chi connectivity index (χ0) is 14.3. The van der Waals surface area contributed by atoms with Crippen molar-refractivity contribution in [2.24, 2.45) is 0 Å². The smallest absolute Gasteiger partial charge is 0.328 e. The lowest BCUT2D eigenvalue weighted by Crippen LogP contribution is -2.49. The molecule has 2 aromatic rings. The Labute approximate surface area is 113 Å². The van der Waals surface area contributed by atoms with E-state index in [9.17, 15) is 14.0 Å². The molecule has 20 heavy (non-hydrogen) atoms. The Hall–Kier alpha value is -2.81. The lowest BCUT2D eigenvalue weighted by molar-refractivity contribution is -0.120. The van der Waals surface area contributed by atoms with Gasteiger partial charge >= 0.3 is 6.03 Å². The summed E-state index contributed by atoms with van der Waals surface area (Å²) in [4.78, 5) is 24.2. The maximum atomic E-state index is 13.7. The molecule has 3 amide bonds. The monoisotopic (exact) mass is 272 g/mol. The molecule has 0 radical (unpaired) electrons. The van der Waals surface area contributed by atoms with Crippen LogP contribution >= 0.6 is 0 Å². The molecule has 6 heteroatoms. The Morgan fingerprint density at radius 3 is 2.90 bits per heavy atom. The van der Waals surface area contributed by atoms with Crippen molar-refractivity contribution in [3.63, 3.8) is 0 Å². The molecule has 0 saturated carbocycles. The summed E-state index contributed by atoms with van der Waals surface area (Å²) in [6, 6.07) is 2.08. The highest BCUT2D eigenvalue weighted by Crippen LogP contribution is 2.31. The largest absolute Gasteiger partial charge is 0.462 e. The summed E-state index contributed by atoms with van der Waals surface area (Å²) >= 11 is 0. The first-order valence-electron chi connectivity index (χ1n) is 5.89. The third kappa shape index (κ3) is 1.80. The summed E-state index contributed by atoms with van der Waals surface area (Å²) in [5.41, 5.74) is 0.892. The number of halogens is 1. The molecule has 1 fully saturated rings. The number of nitrogens with one attached hydrogen (secondary N) is 1. The van der Waals surface area contributed by atoms with Gasteiger partial charge in [0.1, 0.15) is 17.7 Å². The van der Waals surface area contributed by atoms with Crippen LogP contribution < -0.4 is 10.2 Å². The number of furan rings is 1. The molecule has 100 valence electrons. The number of amides is 3. The molecule has 1 aromatic carbocycles. The van der Waals surface area contributed by atoms with Crippen LogP contribution in [-0.4, -0.2) is 18.5 Å². The van der Waals surface area contributed by atoms with Gasteiger partial charge in [0.25, 0.3) is 0 Å². The van der Waals surface area contributed by atoms with Gasteiger partial charge in [-0.1, -0.05) is 5.92 Å². The normalized spacial score (nSPS) is 15.3. The fourth-order valence-electron chi connectivity index (χ4n) is 2.15. The number of nitrogens with zero attached hydrogens (tertiary/aromatic N) is 1. The fourth-order valence-corrected chi connectivity index (χ4v) is 2.15. The third-order valence-electron chi connectivity index (χ3n) is 3.14. The van der Waals surface area contributed by atoms with Crippen LogP contribution in [-0.2, 0) is 4.79 Å². The van der Waals surface area contributed by atoms with Gasteiger partial charge in [-0.3, -0.25) is 15.0 Å². The number of benzene rings is 1. The van der Waals surface area contributed by atoms with Crippen molar-refractivity contribution in [3.8, 4) is 12.3 Å². The molecule has 0 aliphatic carbocycles. The maximum absolute atomic E-state index is 13.7. The second-order valence-electron chi connectivity index (χ2n) is 4.35. The highest BCUT2D eigenvalue weighted by molar-refractivity contribution is 6.09. The Bertz CT molecular complexity index is 773. The van der Waals surface area contributed by atoms with Crippen LogP contribution in [0.4, 0.5) is 14.9 Å². The van der Waals surface area contributed by atoms with Crippen molar-refractivity contribution in [1.29, 1.82) is 0 Å². The van der Waals surface area contributed by atoms with E-state index in [0.717, 1.165) is 0 Å². The molecule has 3 rings (SSSR count). The van der Waals surface area contributed by atoms with E-state index in [1.54, 1.807) is 0 Å². The quantitative estimate of drug-likeness (QED) is 0.808. The van der Waals surface area contributed by atoms with Crippen molar-refractivity contribution in [1.82, 2.24) is 5.32 Å². The Balaban J connectivity index is 2.09. The van der Waals surface area contributed by atoms with Gasteiger partial charge in [-0.2, -0.15) is 0 Å². The van der Waals surface area contributed by atoms with E-state index in [1.807, 2.05) is 0 Å². The van der Waals surface area contributed by atoms with Gasteiger partial charge in [-0.15, -0.1) is 6.42 Å². The van der Waals surface area contributed by atoms with Crippen LogP contribution in [0.15, 0.2) is 22.8 Å². The Morgan fingerprint density at radius 1 is 1.40 bits per heavy atom. The number of terminal acetylenes is 1. The first-order valence-corrected chi connectivity index (χ1v) is 5.89. The molecule has 0 bridgehead atoms. The summed E-state index contributed by atoms with van der Waals surface area (Å²) in [7, 11) is 0. The van der Waals surface area contributed by atoms with E-state index in [-0.39, 0.29) is 24.4 Å². The average molecular weight is 272 g/mol. The molecule has 5 nitrogen and oxygen atoms in total. The standard InChI is InChI=1S/C14H9FN2O3/c1-2-8-5-12-9(6-10(8)15)11(7-20-12)17-4-3-13(18)16-14(17)19/h1,5-7H,3-4H2,(H,16,18,19). The lowest BCUT2D eigenvalue weighted by atomic mass is 10.1. The van der Waals surface area contributed by atoms with E-state index in [2.05, 4.69) is 11.2 Å². The molecule has 1 N–H and O–H groups in total. The van der Waals surface area contributed by atoms with Crippen LogP contribution in [0.3, 0.4) is 0 Å². The number of anilines is 1. The lowest BCUT2D eigenvalue weighted by Gasteiger charge is -2.25. The minimum Gasteiger partial charge on any atom is -0.462 e. The van der Waals surface area contributed by atoms with Crippen molar-refractivity contribution < 1.29 is 18.4 Å². The number of rotatable bonds is 1. The van der Waals surface area contributed by atoms with Gasteiger partial charge in [-0.05, 0) is 6.07 Å². The Morgan fingerprint density at radius 2 is 2.20 bits per heavy atom. The van der Waals surface area contributed by atoms with E-state index < -0.39 is 11.8 Å². The van der Waals surface area contributed by atoms with Crippen LogP contribution in [0.25, 0.3) is 11.0 Å². The highest BCUT2D eigenvalue weighted by Gasteiger charge is 2.27. The second-order valence-corrected chi connectivity index (χ2v) is 4.35. The van der Waals surface area contributed by atoms with Crippen LogP contribution in [0, 0.1) is 18.2 Å². The summed E-state index contributed by atoms with van der Waals surface area (Å²) in [5, 5.41) is 2.64. The maximum Gasteiger partial charge on any atom is 0.328 e.